The van der Waals surface area contributed by atoms with Crippen molar-refractivity contribution in [1.82, 2.24) is 0 Å². The molecule has 0 heterocycles. The Balaban J connectivity index is 3.08. The molecule has 0 spiro atoms. The number of hydrogen-bond acceptors (Lipinski definition) is 2. The van der Waals surface area contributed by atoms with Crippen LogP contribution >= 0.6 is 11.6 Å². The van der Waals surface area contributed by atoms with Crippen LogP contribution in [0.1, 0.15) is 51.2 Å². The summed E-state index contributed by atoms with van der Waals surface area (Å²) in [6.07, 6.45) is -1.90. The molecule has 24 heavy (non-hydrogen) atoms. The van der Waals surface area contributed by atoms with E-state index < -0.39 is 11.7 Å². The van der Waals surface area contributed by atoms with Gasteiger partial charge in [-0.1, -0.05) is 57.0 Å². The van der Waals surface area contributed by atoms with Crippen LogP contribution in [0.3, 0.4) is 0 Å². The van der Waals surface area contributed by atoms with Gasteiger partial charge in [-0.2, -0.15) is 13.2 Å². The summed E-state index contributed by atoms with van der Waals surface area (Å²) >= 11 is 6.23. The lowest BCUT2D eigenvalue weighted by atomic mass is 9.97. The third-order valence-corrected chi connectivity index (χ3v) is 4.26. The lowest BCUT2D eigenvalue weighted by Gasteiger charge is -2.16. The molecule has 0 bridgehead atoms. The highest BCUT2D eigenvalue weighted by Gasteiger charge is 2.32. The Bertz CT molecular complexity index is 607. The average Bonchev–Trinajstić information content (AvgIpc) is 2.53. The molecule has 0 aliphatic heterocycles. The number of rotatable bonds is 7. The predicted molar refractivity (Wildman–Crippen MR) is 94.0 cm³/mol. The molecule has 0 saturated heterocycles. The molecule has 134 valence electrons. The summed E-state index contributed by atoms with van der Waals surface area (Å²) < 4.78 is 39.0. The minimum atomic E-state index is -4.41. The fraction of sp³-hybridized carbons (Fsp3) is 0.500. The third-order valence-electron chi connectivity index (χ3n) is 3.91. The van der Waals surface area contributed by atoms with E-state index in [2.05, 4.69) is 11.9 Å². The maximum atomic E-state index is 13.0. The molecule has 1 rings (SSSR count). The number of halogens is 4. The van der Waals surface area contributed by atoms with Gasteiger partial charge in [-0.15, -0.1) is 0 Å². The molecule has 0 amide bonds. The lowest BCUT2D eigenvalue weighted by Crippen LogP contribution is -2.15. The van der Waals surface area contributed by atoms with Crippen molar-refractivity contribution in [2.45, 2.75) is 52.8 Å². The highest BCUT2D eigenvalue weighted by molar-refractivity contribution is 6.69. The van der Waals surface area contributed by atoms with E-state index in [-0.39, 0.29) is 23.2 Å². The Kier molecular flexibility index (Phi) is 7.80. The van der Waals surface area contributed by atoms with Crippen molar-refractivity contribution in [3.63, 3.8) is 0 Å². The number of allylic oxidation sites excluding steroid dienone is 2. The summed E-state index contributed by atoms with van der Waals surface area (Å²) in [7, 11) is 0. The largest absolute Gasteiger partial charge is 0.416 e. The molecule has 1 atom stereocenters. The number of aliphatic imine (C=N–C) groups is 1. The Morgan fingerprint density at radius 3 is 2.42 bits per heavy atom. The van der Waals surface area contributed by atoms with Gasteiger partial charge in [-0.05, 0) is 30.4 Å². The van der Waals surface area contributed by atoms with E-state index in [0.29, 0.717) is 17.7 Å². The molecule has 0 aliphatic rings. The number of hydrogen-bond donors (Lipinski definition) is 1. The molecular formula is C18H24ClF3N2. The summed E-state index contributed by atoms with van der Waals surface area (Å²) in [5, 5.41) is 0.190. The maximum Gasteiger partial charge on any atom is 0.416 e. The van der Waals surface area contributed by atoms with Gasteiger partial charge in [0, 0.05) is 11.3 Å². The monoisotopic (exact) mass is 360 g/mol. The van der Waals surface area contributed by atoms with Crippen molar-refractivity contribution in [2.24, 2.45) is 16.6 Å². The second-order valence-electron chi connectivity index (χ2n) is 5.74. The van der Waals surface area contributed by atoms with Gasteiger partial charge in [0.2, 0.25) is 0 Å². The molecule has 0 saturated carbocycles. The highest BCUT2D eigenvalue weighted by Crippen LogP contribution is 2.32. The van der Waals surface area contributed by atoms with Crippen molar-refractivity contribution in [3.05, 3.63) is 46.7 Å². The van der Waals surface area contributed by atoms with Crippen LogP contribution in [-0.2, 0) is 12.7 Å². The van der Waals surface area contributed by atoms with Crippen LogP contribution in [-0.4, -0.2) is 5.17 Å². The van der Waals surface area contributed by atoms with E-state index in [1.807, 2.05) is 13.8 Å². The van der Waals surface area contributed by atoms with Crippen LogP contribution in [0.2, 0.25) is 0 Å². The zero-order valence-electron chi connectivity index (χ0n) is 14.3. The van der Waals surface area contributed by atoms with E-state index in [1.54, 1.807) is 6.07 Å². The molecule has 0 fully saturated rings. The minimum Gasteiger partial charge on any atom is -0.402 e. The van der Waals surface area contributed by atoms with Crippen molar-refractivity contribution >= 4 is 16.8 Å². The SMILES string of the molecule is CCCC(C)/C(N)=C(\CC)C(Cl)=NCc1ccccc1C(F)(F)F. The first kappa shape index (κ1) is 20.6. The van der Waals surface area contributed by atoms with Crippen molar-refractivity contribution in [3.8, 4) is 0 Å². The summed E-state index contributed by atoms with van der Waals surface area (Å²) in [5.41, 5.74) is 6.94. The van der Waals surface area contributed by atoms with Crippen LogP contribution in [0, 0.1) is 5.92 Å². The lowest BCUT2D eigenvalue weighted by molar-refractivity contribution is -0.138. The molecule has 1 aromatic rings. The zero-order chi connectivity index (χ0) is 18.3. The first-order chi connectivity index (χ1) is 11.2. The molecule has 0 aliphatic carbocycles. The molecule has 0 aromatic heterocycles. The standard InChI is InChI=1S/C18H24ClF3N2/c1-4-8-12(3)16(23)14(5-2)17(19)24-11-13-9-6-7-10-15(13)18(20,21)22/h6-7,9-10,12H,4-5,8,11,23H2,1-3H3/b16-14-,24-17?. The van der Waals surface area contributed by atoms with Gasteiger partial charge in [0.25, 0.3) is 0 Å². The Hall–Kier alpha value is -1.49. The quantitative estimate of drug-likeness (QED) is 0.604. The second kappa shape index (κ2) is 9.11. The van der Waals surface area contributed by atoms with Crippen LogP contribution in [0.25, 0.3) is 0 Å². The van der Waals surface area contributed by atoms with Crippen molar-refractivity contribution < 1.29 is 13.2 Å². The van der Waals surface area contributed by atoms with E-state index in [1.165, 1.54) is 12.1 Å². The van der Waals surface area contributed by atoms with Crippen LogP contribution in [0.5, 0.6) is 0 Å². The molecule has 0 radical (unpaired) electrons. The number of nitrogens with two attached hydrogens (primary N) is 1. The first-order valence-corrected chi connectivity index (χ1v) is 8.44. The normalized spacial score (nSPS) is 15.2. The van der Waals surface area contributed by atoms with Gasteiger partial charge < -0.3 is 5.73 Å². The van der Waals surface area contributed by atoms with Gasteiger partial charge in [0.1, 0.15) is 5.17 Å². The molecule has 1 aromatic carbocycles. The van der Waals surface area contributed by atoms with Crippen molar-refractivity contribution in [2.75, 3.05) is 0 Å². The van der Waals surface area contributed by atoms with Gasteiger partial charge in [-0.25, -0.2) is 0 Å². The minimum absolute atomic E-state index is 0.0961. The van der Waals surface area contributed by atoms with Crippen molar-refractivity contribution in [1.29, 1.82) is 0 Å². The van der Waals surface area contributed by atoms with Crippen LogP contribution in [0.15, 0.2) is 40.5 Å². The molecular weight excluding hydrogens is 337 g/mol. The smallest absolute Gasteiger partial charge is 0.402 e. The van der Waals surface area contributed by atoms with Gasteiger partial charge in [-0.3, -0.25) is 4.99 Å². The predicted octanol–water partition coefficient (Wildman–Crippen LogP) is 5.90. The molecule has 1 unspecified atom stereocenters. The van der Waals surface area contributed by atoms with Gasteiger partial charge in [0.15, 0.2) is 0 Å². The van der Waals surface area contributed by atoms with Gasteiger partial charge in [0.05, 0.1) is 12.1 Å². The summed E-state index contributed by atoms with van der Waals surface area (Å²) in [6, 6.07) is 5.38. The highest BCUT2D eigenvalue weighted by atomic mass is 35.5. The zero-order valence-corrected chi connectivity index (χ0v) is 15.0. The summed E-state index contributed by atoms with van der Waals surface area (Å²) in [4.78, 5) is 4.15. The third kappa shape index (κ3) is 5.55. The second-order valence-corrected chi connectivity index (χ2v) is 6.10. The molecule has 2 nitrogen and oxygen atoms in total. The first-order valence-electron chi connectivity index (χ1n) is 8.06. The Morgan fingerprint density at radius 2 is 1.88 bits per heavy atom. The Morgan fingerprint density at radius 1 is 1.25 bits per heavy atom. The van der Waals surface area contributed by atoms with E-state index >= 15 is 0 Å². The van der Waals surface area contributed by atoms with Crippen LogP contribution in [0.4, 0.5) is 13.2 Å². The fourth-order valence-corrected chi connectivity index (χ4v) is 2.84. The van der Waals surface area contributed by atoms with Crippen LogP contribution < -0.4 is 5.73 Å². The topological polar surface area (TPSA) is 38.4 Å². The fourth-order valence-electron chi connectivity index (χ4n) is 2.54. The number of benzene rings is 1. The average molecular weight is 361 g/mol. The number of alkyl halides is 3. The summed E-state index contributed by atoms with van der Waals surface area (Å²) in [6.45, 7) is 5.85. The molecule has 2 N–H and O–H groups in total. The number of nitrogens with zero attached hydrogens (tertiary/aromatic N) is 1. The molecule has 6 heteroatoms. The van der Waals surface area contributed by atoms with E-state index in [0.717, 1.165) is 18.9 Å². The van der Waals surface area contributed by atoms with E-state index in [4.69, 9.17) is 17.3 Å². The maximum absolute atomic E-state index is 13.0. The summed E-state index contributed by atoms with van der Waals surface area (Å²) in [5.74, 6) is 0.163. The van der Waals surface area contributed by atoms with Gasteiger partial charge >= 0.3 is 6.18 Å². The Labute approximate surface area is 146 Å². The van der Waals surface area contributed by atoms with E-state index in [9.17, 15) is 13.2 Å².